The molecule has 0 aromatic heterocycles. The Morgan fingerprint density at radius 3 is 1.90 bits per heavy atom. The Morgan fingerprint density at radius 1 is 1.40 bits per heavy atom. The van der Waals surface area contributed by atoms with Crippen LogP contribution in [0.1, 0.15) is 0 Å². The molecule has 0 rings (SSSR count). The number of aliphatic carboxylic acids is 1. The van der Waals surface area contributed by atoms with E-state index in [-0.39, 0.29) is 11.5 Å². The summed E-state index contributed by atoms with van der Waals surface area (Å²) in [5, 5.41) is 8.42. The minimum Gasteiger partial charge on any atom is -0.478 e. The van der Waals surface area contributed by atoms with Crippen LogP contribution in [-0.4, -0.2) is 11.1 Å². The van der Waals surface area contributed by atoms with E-state index in [0.29, 0.717) is 0 Å². The van der Waals surface area contributed by atoms with Gasteiger partial charge in [0.15, 0.2) is 0 Å². The van der Waals surface area contributed by atoms with Gasteiger partial charge in [-0.05, 0) is 0 Å². The summed E-state index contributed by atoms with van der Waals surface area (Å²) in [6, 6.07) is 0. The van der Waals surface area contributed by atoms with E-state index in [1.165, 1.54) is 12.2 Å². The Kier molecular flexibility index (Phi) is 3.19. The first-order valence-corrected chi connectivity index (χ1v) is 2.80. The Balaban J connectivity index is 4.29. The van der Waals surface area contributed by atoms with Crippen LogP contribution in [0, 0.1) is 5.92 Å². The number of rotatable bonds is 4. The second-order valence-electron chi connectivity index (χ2n) is 1.83. The van der Waals surface area contributed by atoms with Crippen molar-refractivity contribution < 1.29 is 9.90 Å². The molecule has 0 spiro atoms. The van der Waals surface area contributed by atoms with Gasteiger partial charge in [-0.15, -0.1) is 13.2 Å². The highest BCUT2D eigenvalue weighted by atomic mass is 16.4. The van der Waals surface area contributed by atoms with Gasteiger partial charge in [0.1, 0.15) is 0 Å². The van der Waals surface area contributed by atoms with Crippen molar-refractivity contribution in [2.24, 2.45) is 5.92 Å². The third-order valence-electron chi connectivity index (χ3n) is 1.18. The summed E-state index contributed by atoms with van der Waals surface area (Å²) in [5.74, 6) is -1.33. The van der Waals surface area contributed by atoms with E-state index >= 15 is 0 Å². The Morgan fingerprint density at radius 2 is 1.80 bits per heavy atom. The van der Waals surface area contributed by atoms with Crippen molar-refractivity contribution in [3.63, 3.8) is 0 Å². The maximum Gasteiger partial charge on any atom is 0.331 e. The predicted molar refractivity (Wildman–Crippen MR) is 40.7 cm³/mol. The van der Waals surface area contributed by atoms with Crippen LogP contribution in [0.25, 0.3) is 0 Å². The maximum atomic E-state index is 10.3. The van der Waals surface area contributed by atoms with Crippen LogP contribution in [0.2, 0.25) is 0 Å². The average molecular weight is 138 g/mol. The monoisotopic (exact) mass is 138 g/mol. The first kappa shape index (κ1) is 8.69. The van der Waals surface area contributed by atoms with E-state index in [4.69, 9.17) is 5.11 Å². The summed E-state index contributed by atoms with van der Waals surface area (Å²) in [6.45, 7) is 10.2. The number of carboxylic acid groups (broad SMARTS) is 1. The van der Waals surface area contributed by atoms with Crippen molar-refractivity contribution in [1.29, 1.82) is 0 Å². The van der Waals surface area contributed by atoms with Crippen molar-refractivity contribution >= 4 is 5.97 Å². The van der Waals surface area contributed by atoms with Crippen molar-refractivity contribution in [2.75, 3.05) is 0 Å². The van der Waals surface area contributed by atoms with Crippen LogP contribution in [0.3, 0.4) is 0 Å². The summed E-state index contributed by atoms with van der Waals surface area (Å²) in [6.07, 6.45) is 2.98. The van der Waals surface area contributed by atoms with Crippen molar-refractivity contribution in [2.45, 2.75) is 0 Å². The molecule has 0 radical (unpaired) electrons. The molecule has 0 heterocycles. The minimum absolute atomic E-state index is 0.102. The van der Waals surface area contributed by atoms with E-state index < -0.39 is 5.97 Å². The van der Waals surface area contributed by atoms with Crippen LogP contribution in [0.5, 0.6) is 0 Å². The quantitative estimate of drug-likeness (QED) is 0.473. The summed E-state index contributed by atoms with van der Waals surface area (Å²) >= 11 is 0. The van der Waals surface area contributed by atoms with Gasteiger partial charge in [-0.3, -0.25) is 0 Å². The lowest BCUT2D eigenvalue weighted by atomic mass is 10.0. The molecule has 2 nitrogen and oxygen atoms in total. The smallest absolute Gasteiger partial charge is 0.331 e. The van der Waals surface area contributed by atoms with Crippen LogP contribution >= 0.6 is 0 Å². The van der Waals surface area contributed by atoms with Crippen molar-refractivity contribution in [3.8, 4) is 0 Å². The van der Waals surface area contributed by atoms with Gasteiger partial charge >= 0.3 is 5.97 Å². The molecule has 10 heavy (non-hydrogen) atoms. The lowest BCUT2D eigenvalue weighted by Crippen LogP contribution is -2.06. The van der Waals surface area contributed by atoms with Gasteiger partial charge in [0.05, 0.1) is 0 Å². The second kappa shape index (κ2) is 3.67. The molecular weight excluding hydrogens is 128 g/mol. The Hall–Kier alpha value is -1.31. The van der Waals surface area contributed by atoms with Crippen molar-refractivity contribution in [1.82, 2.24) is 0 Å². The lowest BCUT2D eigenvalue weighted by molar-refractivity contribution is -0.132. The normalized spacial score (nSPS) is 8.90. The highest BCUT2D eigenvalue weighted by Crippen LogP contribution is 2.10. The molecule has 0 aliphatic carbocycles. The third-order valence-corrected chi connectivity index (χ3v) is 1.18. The largest absolute Gasteiger partial charge is 0.478 e. The number of hydrogen-bond acceptors (Lipinski definition) is 1. The molecule has 0 unspecified atom stereocenters. The van der Waals surface area contributed by atoms with E-state index in [1.807, 2.05) is 0 Å². The van der Waals surface area contributed by atoms with Gasteiger partial charge in [0.25, 0.3) is 0 Å². The zero-order chi connectivity index (χ0) is 8.15. The van der Waals surface area contributed by atoms with Gasteiger partial charge in [0, 0.05) is 11.5 Å². The fraction of sp³-hybridized carbons (Fsp3) is 0.125. The van der Waals surface area contributed by atoms with Gasteiger partial charge in [-0.2, -0.15) is 0 Å². The Bertz CT molecular complexity index is 172. The molecule has 1 N–H and O–H groups in total. The summed E-state index contributed by atoms with van der Waals surface area (Å²) in [7, 11) is 0. The molecule has 0 bridgehead atoms. The topological polar surface area (TPSA) is 37.3 Å². The number of carboxylic acids is 1. The molecule has 0 aliphatic heterocycles. The van der Waals surface area contributed by atoms with Crippen LogP contribution in [0.4, 0.5) is 0 Å². The summed E-state index contributed by atoms with van der Waals surface area (Å²) in [4.78, 5) is 10.3. The summed E-state index contributed by atoms with van der Waals surface area (Å²) in [5.41, 5.74) is 0.102. The minimum atomic E-state index is -1.01. The van der Waals surface area contributed by atoms with Gasteiger partial charge in [0.2, 0.25) is 0 Å². The standard InChI is InChI=1S/C8H10O2/c1-4-7(5-2)6(3)8(9)10/h4-5,7H,1-3H2,(H,9,10). The molecule has 2 heteroatoms. The van der Waals surface area contributed by atoms with Crippen LogP contribution < -0.4 is 0 Å². The van der Waals surface area contributed by atoms with E-state index in [1.54, 1.807) is 0 Å². The summed E-state index contributed by atoms with van der Waals surface area (Å²) < 4.78 is 0. The first-order valence-electron chi connectivity index (χ1n) is 2.80. The van der Waals surface area contributed by atoms with Crippen LogP contribution in [0.15, 0.2) is 37.5 Å². The molecule has 54 valence electrons. The zero-order valence-electron chi connectivity index (χ0n) is 5.71. The maximum absolute atomic E-state index is 10.3. The molecule has 0 aromatic carbocycles. The van der Waals surface area contributed by atoms with Crippen LogP contribution in [-0.2, 0) is 4.79 Å². The second-order valence-corrected chi connectivity index (χ2v) is 1.83. The molecule has 0 atom stereocenters. The molecule has 0 fully saturated rings. The highest BCUT2D eigenvalue weighted by Gasteiger charge is 2.10. The third kappa shape index (κ3) is 1.90. The molecule has 0 amide bonds. The molecule has 0 aromatic rings. The van der Waals surface area contributed by atoms with Crippen molar-refractivity contribution in [3.05, 3.63) is 37.5 Å². The lowest BCUT2D eigenvalue weighted by Gasteiger charge is -2.04. The fourth-order valence-corrected chi connectivity index (χ4v) is 0.523. The zero-order valence-corrected chi connectivity index (χ0v) is 5.71. The highest BCUT2D eigenvalue weighted by molar-refractivity contribution is 5.87. The Labute approximate surface area is 60.2 Å². The van der Waals surface area contributed by atoms with Gasteiger partial charge < -0.3 is 5.11 Å². The molecular formula is C8H10O2. The predicted octanol–water partition coefficient (Wildman–Crippen LogP) is 1.62. The number of hydrogen-bond donors (Lipinski definition) is 1. The van der Waals surface area contributed by atoms with E-state index in [2.05, 4.69) is 19.7 Å². The van der Waals surface area contributed by atoms with Gasteiger partial charge in [-0.1, -0.05) is 18.7 Å². The van der Waals surface area contributed by atoms with E-state index in [0.717, 1.165) is 0 Å². The first-order chi connectivity index (χ1) is 4.63. The van der Waals surface area contributed by atoms with E-state index in [9.17, 15) is 4.79 Å². The molecule has 0 aliphatic rings. The number of carbonyl (C=O) groups is 1. The average Bonchev–Trinajstić information content (AvgIpc) is 1.90. The SMILES string of the molecule is C=CC(C=C)C(=C)C(=O)O. The molecule has 0 saturated carbocycles. The van der Waals surface area contributed by atoms with Gasteiger partial charge in [-0.25, -0.2) is 4.79 Å². The number of allylic oxidation sites excluding steroid dienone is 2. The molecule has 0 saturated heterocycles. The fourth-order valence-electron chi connectivity index (χ4n) is 0.523.